The first-order chi connectivity index (χ1) is 11.5. The first-order valence-electron chi connectivity index (χ1n) is 7.42. The van der Waals surface area contributed by atoms with Crippen LogP contribution in [0.4, 0.5) is 9.52 Å². The van der Waals surface area contributed by atoms with Gasteiger partial charge in [0, 0.05) is 23.1 Å². The lowest BCUT2D eigenvalue weighted by atomic mass is 10.1. The van der Waals surface area contributed by atoms with E-state index in [2.05, 4.69) is 15.5 Å². The molecular weight excluding hydrogens is 329 g/mol. The molecule has 0 bridgehead atoms. The Labute approximate surface area is 142 Å². The van der Waals surface area contributed by atoms with Crippen LogP contribution in [0.25, 0.3) is 0 Å². The molecule has 0 radical (unpaired) electrons. The smallest absolute Gasteiger partial charge is 0.230 e. The zero-order chi connectivity index (χ0) is 17.1. The maximum Gasteiger partial charge on any atom is 0.230 e. The molecule has 0 aliphatic carbocycles. The van der Waals surface area contributed by atoms with Gasteiger partial charge in [0.15, 0.2) is 5.13 Å². The Hall–Kier alpha value is -2.54. The molecule has 124 valence electrons. The predicted molar refractivity (Wildman–Crippen MR) is 89.6 cm³/mol. The van der Waals surface area contributed by atoms with Gasteiger partial charge in [-0.25, -0.2) is 9.37 Å². The summed E-state index contributed by atoms with van der Waals surface area (Å²) in [5.74, 6) is 0.217. The fourth-order valence-corrected chi connectivity index (χ4v) is 3.24. The van der Waals surface area contributed by atoms with Crippen molar-refractivity contribution in [2.24, 2.45) is 0 Å². The lowest BCUT2D eigenvalue weighted by Crippen LogP contribution is -2.14. The molecule has 7 heteroatoms. The van der Waals surface area contributed by atoms with Gasteiger partial charge in [0.1, 0.15) is 11.6 Å². The van der Waals surface area contributed by atoms with Crippen LogP contribution in [0.2, 0.25) is 0 Å². The number of anilines is 1. The molecule has 0 spiro atoms. The fraction of sp³-hybridized carbons (Fsp3) is 0.235. The molecule has 0 saturated heterocycles. The van der Waals surface area contributed by atoms with E-state index in [1.54, 1.807) is 26.1 Å². The molecule has 0 saturated carbocycles. The SMILES string of the molecule is Cc1noc(C)c1CC(=O)Nc1ncc(Cc2cccc(F)c2)s1. The average Bonchev–Trinajstić information content (AvgIpc) is 3.08. The Morgan fingerprint density at radius 1 is 1.38 bits per heavy atom. The third-order valence-corrected chi connectivity index (χ3v) is 4.50. The minimum Gasteiger partial charge on any atom is -0.361 e. The van der Waals surface area contributed by atoms with Crippen molar-refractivity contribution in [3.8, 4) is 0 Å². The normalized spacial score (nSPS) is 10.8. The van der Waals surface area contributed by atoms with Crippen molar-refractivity contribution in [2.45, 2.75) is 26.7 Å². The molecule has 3 rings (SSSR count). The van der Waals surface area contributed by atoms with Crippen LogP contribution in [0.15, 0.2) is 35.0 Å². The Morgan fingerprint density at radius 3 is 2.92 bits per heavy atom. The van der Waals surface area contributed by atoms with Crippen LogP contribution in [-0.4, -0.2) is 16.0 Å². The number of halogens is 1. The van der Waals surface area contributed by atoms with E-state index in [-0.39, 0.29) is 18.1 Å². The van der Waals surface area contributed by atoms with Gasteiger partial charge in [0.2, 0.25) is 5.91 Å². The van der Waals surface area contributed by atoms with E-state index in [1.165, 1.54) is 23.5 Å². The van der Waals surface area contributed by atoms with Gasteiger partial charge >= 0.3 is 0 Å². The number of hydrogen-bond donors (Lipinski definition) is 1. The number of amides is 1. The zero-order valence-electron chi connectivity index (χ0n) is 13.3. The Balaban J connectivity index is 1.62. The number of carbonyl (C=O) groups excluding carboxylic acids is 1. The van der Waals surface area contributed by atoms with E-state index in [0.717, 1.165) is 16.0 Å². The Morgan fingerprint density at radius 2 is 2.21 bits per heavy atom. The summed E-state index contributed by atoms with van der Waals surface area (Å²) >= 11 is 1.38. The van der Waals surface area contributed by atoms with Crippen LogP contribution in [-0.2, 0) is 17.6 Å². The van der Waals surface area contributed by atoms with Crippen molar-refractivity contribution in [3.63, 3.8) is 0 Å². The first kappa shape index (κ1) is 16.3. The van der Waals surface area contributed by atoms with Crippen LogP contribution in [0.1, 0.15) is 27.5 Å². The molecule has 0 fully saturated rings. The van der Waals surface area contributed by atoms with Crippen LogP contribution in [0.3, 0.4) is 0 Å². The highest BCUT2D eigenvalue weighted by Crippen LogP contribution is 2.22. The standard InChI is InChI=1S/C17H16FN3O2S/c1-10-15(11(2)23-21-10)8-16(22)20-17-19-9-14(24-17)7-12-4-3-5-13(18)6-12/h3-6,9H,7-8H2,1-2H3,(H,19,20,22). The number of hydrogen-bond acceptors (Lipinski definition) is 5. The molecule has 1 aromatic carbocycles. The summed E-state index contributed by atoms with van der Waals surface area (Å²) in [5, 5.41) is 7.14. The van der Waals surface area contributed by atoms with E-state index >= 15 is 0 Å². The maximum absolute atomic E-state index is 13.2. The molecule has 2 aromatic heterocycles. The van der Waals surface area contributed by atoms with E-state index in [4.69, 9.17) is 4.52 Å². The van der Waals surface area contributed by atoms with Crippen LogP contribution < -0.4 is 5.32 Å². The largest absolute Gasteiger partial charge is 0.361 e. The highest BCUT2D eigenvalue weighted by Gasteiger charge is 2.14. The van der Waals surface area contributed by atoms with Crippen LogP contribution >= 0.6 is 11.3 Å². The number of rotatable bonds is 5. The lowest BCUT2D eigenvalue weighted by molar-refractivity contribution is -0.115. The monoisotopic (exact) mass is 345 g/mol. The summed E-state index contributed by atoms with van der Waals surface area (Å²) in [5.41, 5.74) is 2.38. The van der Waals surface area contributed by atoms with Crippen molar-refractivity contribution in [1.82, 2.24) is 10.1 Å². The van der Waals surface area contributed by atoms with Gasteiger partial charge in [-0.1, -0.05) is 17.3 Å². The molecule has 1 amide bonds. The summed E-state index contributed by atoms with van der Waals surface area (Å²) in [6, 6.07) is 6.45. The Kier molecular flexibility index (Phi) is 4.71. The number of aryl methyl sites for hydroxylation is 2. The van der Waals surface area contributed by atoms with Gasteiger partial charge in [-0.2, -0.15) is 0 Å². The molecular formula is C17H16FN3O2S. The van der Waals surface area contributed by atoms with Gasteiger partial charge < -0.3 is 9.84 Å². The number of benzene rings is 1. The number of carbonyl (C=O) groups is 1. The van der Waals surface area contributed by atoms with E-state index in [0.29, 0.717) is 23.0 Å². The van der Waals surface area contributed by atoms with Crippen LogP contribution in [0.5, 0.6) is 0 Å². The quantitative estimate of drug-likeness (QED) is 0.766. The third kappa shape index (κ3) is 3.86. The van der Waals surface area contributed by atoms with E-state index in [9.17, 15) is 9.18 Å². The summed E-state index contributed by atoms with van der Waals surface area (Å²) < 4.78 is 18.3. The Bertz CT molecular complexity index is 853. The van der Waals surface area contributed by atoms with Crippen LogP contribution in [0, 0.1) is 19.7 Å². The fourth-order valence-electron chi connectivity index (χ4n) is 2.37. The minimum absolute atomic E-state index is 0.170. The second-order valence-electron chi connectivity index (χ2n) is 5.47. The molecule has 0 unspecified atom stereocenters. The van der Waals surface area contributed by atoms with E-state index in [1.807, 2.05) is 6.07 Å². The van der Waals surface area contributed by atoms with Gasteiger partial charge in [-0.05, 0) is 31.5 Å². The van der Waals surface area contributed by atoms with Gasteiger partial charge in [0.25, 0.3) is 0 Å². The molecule has 0 atom stereocenters. The van der Waals surface area contributed by atoms with Crippen molar-refractivity contribution in [3.05, 3.63) is 63.7 Å². The van der Waals surface area contributed by atoms with Gasteiger partial charge in [-0.3, -0.25) is 4.79 Å². The zero-order valence-corrected chi connectivity index (χ0v) is 14.1. The number of nitrogens with zero attached hydrogens (tertiary/aromatic N) is 2. The number of thiazole rings is 1. The second-order valence-corrected chi connectivity index (χ2v) is 6.58. The van der Waals surface area contributed by atoms with E-state index < -0.39 is 0 Å². The molecule has 3 aromatic rings. The van der Waals surface area contributed by atoms with Crippen molar-refractivity contribution < 1.29 is 13.7 Å². The number of aromatic nitrogens is 2. The highest BCUT2D eigenvalue weighted by molar-refractivity contribution is 7.15. The molecule has 0 aliphatic rings. The molecule has 0 aliphatic heterocycles. The summed E-state index contributed by atoms with van der Waals surface area (Å²) in [6.45, 7) is 3.59. The number of nitrogens with one attached hydrogen (secondary N) is 1. The predicted octanol–water partition coefficient (Wildman–Crippen LogP) is 3.66. The average molecular weight is 345 g/mol. The minimum atomic E-state index is -0.259. The maximum atomic E-state index is 13.2. The van der Waals surface area contributed by atoms with Gasteiger partial charge in [-0.15, -0.1) is 11.3 Å². The summed E-state index contributed by atoms with van der Waals surface area (Å²) in [4.78, 5) is 17.3. The molecule has 2 heterocycles. The highest BCUT2D eigenvalue weighted by atomic mass is 32.1. The molecule has 1 N–H and O–H groups in total. The summed E-state index contributed by atoms with van der Waals surface area (Å²) in [7, 11) is 0. The summed E-state index contributed by atoms with van der Waals surface area (Å²) in [6.07, 6.45) is 2.47. The van der Waals surface area contributed by atoms with Crippen molar-refractivity contribution in [2.75, 3.05) is 5.32 Å². The molecule has 24 heavy (non-hydrogen) atoms. The van der Waals surface area contributed by atoms with Crippen molar-refractivity contribution in [1.29, 1.82) is 0 Å². The van der Waals surface area contributed by atoms with Crippen molar-refractivity contribution >= 4 is 22.4 Å². The third-order valence-electron chi connectivity index (χ3n) is 3.59. The topological polar surface area (TPSA) is 68.0 Å². The lowest BCUT2D eigenvalue weighted by Gasteiger charge is -2.01. The first-order valence-corrected chi connectivity index (χ1v) is 8.23. The molecule has 5 nitrogen and oxygen atoms in total. The second kappa shape index (κ2) is 6.92. The van der Waals surface area contributed by atoms with Gasteiger partial charge in [0.05, 0.1) is 12.1 Å².